The second-order valence-corrected chi connectivity index (χ2v) is 7.25. The van der Waals surface area contributed by atoms with Crippen LogP contribution in [0.5, 0.6) is 0 Å². The molecule has 0 spiro atoms. The van der Waals surface area contributed by atoms with Gasteiger partial charge in [-0.25, -0.2) is 0 Å². The van der Waals surface area contributed by atoms with Gasteiger partial charge in [-0.3, -0.25) is 4.40 Å². The van der Waals surface area contributed by atoms with Crippen molar-refractivity contribution in [3.8, 4) is 11.4 Å². The van der Waals surface area contributed by atoms with Crippen molar-refractivity contribution in [3.05, 3.63) is 63.9 Å². The first-order chi connectivity index (χ1) is 11.1. The van der Waals surface area contributed by atoms with E-state index in [-0.39, 0.29) is 0 Å². The van der Waals surface area contributed by atoms with Gasteiger partial charge >= 0.3 is 0 Å². The highest BCUT2D eigenvalue weighted by Gasteiger charge is 2.14. The van der Waals surface area contributed by atoms with Gasteiger partial charge in [0.15, 0.2) is 11.5 Å². The van der Waals surface area contributed by atoms with Gasteiger partial charge in [-0.1, -0.05) is 50.2 Å². The number of rotatable bonds is 2. The van der Waals surface area contributed by atoms with Crippen molar-refractivity contribution in [3.63, 3.8) is 0 Å². The molecule has 4 aromatic rings. The topological polar surface area (TPSA) is 30.2 Å². The van der Waals surface area contributed by atoms with Gasteiger partial charge in [-0.15, -0.1) is 10.2 Å². The van der Waals surface area contributed by atoms with Gasteiger partial charge in [-0.05, 0) is 51.6 Å². The normalized spacial score (nSPS) is 11.7. The highest BCUT2D eigenvalue weighted by Crippen LogP contribution is 2.30. The van der Waals surface area contributed by atoms with Crippen molar-refractivity contribution in [1.29, 1.82) is 0 Å². The number of pyridine rings is 1. The predicted octanol–water partition coefficient (Wildman–Crippen LogP) is 5.28. The molecular weight excluding hydrogens is 397 g/mol. The molecule has 0 aliphatic rings. The fourth-order valence-electron chi connectivity index (χ4n) is 2.99. The second kappa shape index (κ2) is 5.60. The Kier molecular flexibility index (Phi) is 3.56. The van der Waals surface area contributed by atoms with Crippen LogP contribution in [0.1, 0.15) is 25.3 Å². The van der Waals surface area contributed by atoms with Crippen LogP contribution in [0.25, 0.3) is 27.8 Å². The first kappa shape index (κ1) is 14.6. The maximum absolute atomic E-state index is 4.46. The minimum absolute atomic E-state index is 0.441. The molecule has 4 rings (SSSR count). The van der Waals surface area contributed by atoms with Crippen LogP contribution in [0.4, 0.5) is 0 Å². The van der Waals surface area contributed by atoms with E-state index >= 15 is 0 Å². The van der Waals surface area contributed by atoms with Gasteiger partial charge < -0.3 is 0 Å². The lowest BCUT2D eigenvalue weighted by molar-refractivity contribution is 0.865. The number of hydrogen-bond donors (Lipinski definition) is 0. The largest absolute Gasteiger partial charge is 0.282 e. The van der Waals surface area contributed by atoms with Crippen LogP contribution in [0, 0.1) is 3.57 Å². The number of benzene rings is 2. The molecule has 0 bridgehead atoms. The Morgan fingerprint density at radius 3 is 2.30 bits per heavy atom. The van der Waals surface area contributed by atoms with E-state index < -0.39 is 0 Å². The molecular formula is C19H16IN3. The van der Waals surface area contributed by atoms with Crippen molar-refractivity contribution in [1.82, 2.24) is 14.6 Å². The molecule has 0 N–H and O–H groups in total. The Morgan fingerprint density at radius 1 is 0.913 bits per heavy atom. The molecule has 0 unspecified atom stereocenters. The van der Waals surface area contributed by atoms with Gasteiger partial charge in [0.05, 0.1) is 0 Å². The minimum Gasteiger partial charge on any atom is -0.282 e. The van der Waals surface area contributed by atoms with Crippen LogP contribution >= 0.6 is 22.6 Å². The fraction of sp³-hybridized carbons (Fsp3) is 0.158. The summed E-state index contributed by atoms with van der Waals surface area (Å²) in [4.78, 5) is 0. The molecule has 0 amide bonds. The average Bonchev–Trinajstić information content (AvgIpc) is 2.99. The summed E-state index contributed by atoms with van der Waals surface area (Å²) in [5.41, 5.74) is 3.32. The lowest BCUT2D eigenvalue weighted by Crippen LogP contribution is -1.97. The van der Waals surface area contributed by atoms with Crippen LogP contribution in [-0.4, -0.2) is 14.6 Å². The van der Waals surface area contributed by atoms with Crippen LogP contribution in [0.2, 0.25) is 0 Å². The maximum atomic E-state index is 4.46. The molecule has 114 valence electrons. The molecule has 0 fully saturated rings. The van der Waals surface area contributed by atoms with E-state index in [9.17, 15) is 0 Å². The summed E-state index contributed by atoms with van der Waals surface area (Å²) in [6, 6.07) is 16.8. The summed E-state index contributed by atoms with van der Waals surface area (Å²) in [5.74, 6) is 1.33. The third-order valence-corrected chi connectivity index (χ3v) is 4.89. The van der Waals surface area contributed by atoms with E-state index in [1.807, 2.05) is 0 Å². The third kappa shape index (κ3) is 2.41. The minimum atomic E-state index is 0.441. The molecule has 0 aliphatic carbocycles. The van der Waals surface area contributed by atoms with Crippen molar-refractivity contribution in [2.24, 2.45) is 0 Å². The zero-order valence-electron chi connectivity index (χ0n) is 13.0. The molecule has 2 aromatic heterocycles. The van der Waals surface area contributed by atoms with E-state index in [0.29, 0.717) is 5.92 Å². The van der Waals surface area contributed by atoms with Crippen molar-refractivity contribution >= 4 is 39.0 Å². The maximum Gasteiger partial charge on any atom is 0.168 e. The van der Waals surface area contributed by atoms with Crippen LogP contribution in [-0.2, 0) is 0 Å². The Labute approximate surface area is 148 Å². The zero-order chi connectivity index (χ0) is 16.0. The van der Waals surface area contributed by atoms with Crippen molar-refractivity contribution < 1.29 is 0 Å². The number of fused-ring (bicyclic) bond motifs is 3. The zero-order valence-corrected chi connectivity index (χ0v) is 15.2. The van der Waals surface area contributed by atoms with E-state index in [0.717, 1.165) is 22.4 Å². The van der Waals surface area contributed by atoms with Crippen molar-refractivity contribution in [2.75, 3.05) is 0 Å². The molecule has 23 heavy (non-hydrogen) atoms. The number of aromatic nitrogens is 3. The molecule has 2 aromatic carbocycles. The standard InChI is InChI=1S/C19H16IN3/c1-12(2)17-11-23-18(13-7-9-14(20)10-8-13)21-22-19(23)16-6-4-3-5-15(16)17/h3-12H,1-2H3. The van der Waals surface area contributed by atoms with Gasteiger partial charge in [0.1, 0.15) is 0 Å². The first-order valence-corrected chi connectivity index (χ1v) is 8.75. The summed E-state index contributed by atoms with van der Waals surface area (Å²) >= 11 is 2.32. The SMILES string of the molecule is CC(C)c1cn2c(-c3ccc(I)cc3)nnc2c2ccccc12. The van der Waals surface area contributed by atoms with Gasteiger partial charge in [0, 0.05) is 20.7 Å². The van der Waals surface area contributed by atoms with Gasteiger partial charge in [-0.2, -0.15) is 0 Å². The molecule has 0 atom stereocenters. The van der Waals surface area contributed by atoms with Crippen molar-refractivity contribution in [2.45, 2.75) is 19.8 Å². The summed E-state index contributed by atoms with van der Waals surface area (Å²) in [6.07, 6.45) is 2.19. The Bertz CT molecular complexity index is 1000. The molecule has 4 heteroatoms. The van der Waals surface area contributed by atoms with E-state index in [2.05, 4.69) is 106 Å². The molecule has 0 saturated carbocycles. The highest BCUT2D eigenvalue weighted by molar-refractivity contribution is 14.1. The average molecular weight is 413 g/mol. The summed E-state index contributed by atoms with van der Waals surface area (Å²) < 4.78 is 3.34. The number of hydrogen-bond acceptors (Lipinski definition) is 2. The number of nitrogens with zero attached hydrogens (tertiary/aromatic N) is 3. The fourth-order valence-corrected chi connectivity index (χ4v) is 3.35. The molecule has 2 heterocycles. The van der Waals surface area contributed by atoms with Gasteiger partial charge in [0.25, 0.3) is 0 Å². The van der Waals surface area contributed by atoms with Crippen LogP contribution in [0.3, 0.4) is 0 Å². The second-order valence-electron chi connectivity index (χ2n) is 6.01. The first-order valence-electron chi connectivity index (χ1n) is 7.67. The van der Waals surface area contributed by atoms with Crippen LogP contribution in [0.15, 0.2) is 54.7 Å². The third-order valence-electron chi connectivity index (χ3n) is 4.17. The smallest absolute Gasteiger partial charge is 0.168 e. The molecule has 0 saturated heterocycles. The molecule has 0 aliphatic heterocycles. The molecule has 0 radical (unpaired) electrons. The Morgan fingerprint density at radius 2 is 1.61 bits per heavy atom. The lowest BCUT2D eigenvalue weighted by Gasteiger charge is -2.12. The number of halogens is 1. The van der Waals surface area contributed by atoms with E-state index in [1.54, 1.807) is 0 Å². The monoisotopic (exact) mass is 413 g/mol. The van der Waals surface area contributed by atoms with E-state index in [1.165, 1.54) is 14.5 Å². The highest BCUT2D eigenvalue weighted by atomic mass is 127. The van der Waals surface area contributed by atoms with Crippen LogP contribution < -0.4 is 0 Å². The lowest BCUT2D eigenvalue weighted by atomic mass is 9.98. The molecule has 3 nitrogen and oxygen atoms in total. The Hall–Kier alpha value is -1.95. The quantitative estimate of drug-likeness (QED) is 0.419. The Balaban J connectivity index is 2.07. The predicted molar refractivity (Wildman–Crippen MR) is 103 cm³/mol. The van der Waals surface area contributed by atoms with E-state index in [4.69, 9.17) is 0 Å². The summed E-state index contributed by atoms with van der Waals surface area (Å²) in [7, 11) is 0. The summed E-state index contributed by atoms with van der Waals surface area (Å²) in [5, 5.41) is 11.3. The van der Waals surface area contributed by atoms with Gasteiger partial charge in [0.2, 0.25) is 0 Å². The summed E-state index contributed by atoms with van der Waals surface area (Å²) in [6.45, 7) is 4.45.